The van der Waals surface area contributed by atoms with Gasteiger partial charge in [0.15, 0.2) is 9.84 Å². The van der Waals surface area contributed by atoms with Crippen LogP contribution in [0.2, 0.25) is 0 Å². The average molecular weight is 485 g/mol. The number of halogens is 1. The van der Waals surface area contributed by atoms with Crippen LogP contribution in [0.4, 0.5) is 10.1 Å². The van der Waals surface area contributed by atoms with Gasteiger partial charge in [0.05, 0.1) is 26.9 Å². The van der Waals surface area contributed by atoms with E-state index in [1.807, 2.05) is 33.0 Å². The molecule has 3 heterocycles. The molecule has 0 unspecified atom stereocenters. The Morgan fingerprint density at radius 2 is 1.94 bits per heavy atom. The second kappa shape index (κ2) is 9.68. The summed E-state index contributed by atoms with van der Waals surface area (Å²) < 4.78 is 43.9. The second-order valence-corrected chi connectivity index (χ2v) is 11.0. The summed E-state index contributed by atoms with van der Waals surface area (Å²) in [6, 6.07) is 10.1. The second-order valence-electron chi connectivity index (χ2n) is 8.61. The highest BCUT2D eigenvalue weighted by Gasteiger charge is 2.42. The topological polar surface area (TPSA) is 97.0 Å². The fourth-order valence-corrected chi connectivity index (χ4v) is 6.27. The lowest BCUT2D eigenvalue weighted by Gasteiger charge is -2.33. The van der Waals surface area contributed by atoms with E-state index in [0.29, 0.717) is 37.4 Å². The number of benzene rings is 2. The number of anilines is 1. The first-order valence-electron chi connectivity index (χ1n) is 11.3. The van der Waals surface area contributed by atoms with E-state index in [0.717, 1.165) is 33.1 Å². The first-order valence-corrected chi connectivity index (χ1v) is 12.8. The molecule has 5 rings (SSSR count). The zero-order valence-corrected chi connectivity index (χ0v) is 20.4. The van der Waals surface area contributed by atoms with Crippen LogP contribution in [0.5, 0.6) is 0 Å². The van der Waals surface area contributed by atoms with Crippen LogP contribution in [0, 0.1) is 5.82 Å². The van der Waals surface area contributed by atoms with Gasteiger partial charge in [-0.3, -0.25) is 10.1 Å². The van der Waals surface area contributed by atoms with Crippen molar-refractivity contribution in [3.63, 3.8) is 0 Å². The number of sulfone groups is 1. The summed E-state index contributed by atoms with van der Waals surface area (Å²) in [5, 5.41) is 11.2. The maximum absolute atomic E-state index is 13.4. The van der Waals surface area contributed by atoms with Gasteiger partial charge in [0.2, 0.25) is 0 Å². The molecule has 0 radical (unpaired) electrons. The molecule has 2 N–H and O–H groups in total. The summed E-state index contributed by atoms with van der Waals surface area (Å²) in [6.07, 6.45) is 5.05. The number of aromatic nitrogens is 3. The predicted octanol–water partition coefficient (Wildman–Crippen LogP) is 4.88. The maximum atomic E-state index is 13.4. The lowest BCUT2D eigenvalue weighted by atomic mass is 10.0. The minimum Gasteiger partial charge on any atom is -0.388 e. The van der Waals surface area contributed by atoms with Crippen LogP contribution in [0.15, 0.2) is 53.7 Å². The third-order valence-corrected chi connectivity index (χ3v) is 9.13. The molecule has 0 bridgehead atoms. The van der Waals surface area contributed by atoms with Crippen LogP contribution in [-0.2, 0) is 21.0 Å². The van der Waals surface area contributed by atoms with Crippen LogP contribution in [0.25, 0.3) is 21.8 Å². The summed E-state index contributed by atoms with van der Waals surface area (Å²) >= 11 is 0. The lowest BCUT2D eigenvalue weighted by Crippen LogP contribution is -2.41. The van der Waals surface area contributed by atoms with Gasteiger partial charge < -0.3 is 10.1 Å². The number of fused-ring (bicyclic) bond motifs is 2. The highest BCUT2D eigenvalue weighted by atomic mass is 32.2. The molecule has 0 spiro atoms. The Morgan fingerprint density at radius 3 is 2.65 bits per heavy atom. The van der Waals surface area contributed by atoms with Crippen LogP contribution >= 0.6 is 0 Å². The molecular formula is C25H29FN4O3S. The maximum Gasteiger partial charge on any atom is 0.184 e. The molecule has 0 aliphatic carbocycles. The molecule has 1 aliphatic heterocycles. The van der Waals surface area contributed by atoms with Gasteiger partial charge in [-0.2, -0.15) is 5.10 Å². The summed E-state index contributed by atoms with van der Waals surface area (Å²) in [7, 11) is -1.63. The minimum absolute atomic E-state index is 0.228. The van der Waals surface area contributed by atoms with E-state index in [1.165, 1.54) is 12.1 Å². The molecule has 2 aromatic heterocycles. The molecule has 9 heteroatoms. The Bertz CT molecular complexity index is 1410. The summed E-state index contributed by atoms with van der Waals surface area (Å²) in [6.45, 7) is 4.81. The largest absolute Gasteiger partial charge is 0.388 e. The zero-order valence-electron chi connectivity index (χ0n) is 19.6. The first-order chi connectivity index (χ1) is 16.3. The Labute approximate surface area is 198 Å². The van der Waals surface area contributed by atoms with Gasteiger partial charge in [-0.25, -0.2) is 12.8 Å². The van der Waals surface area contributed by atoms with E-state index in [9.17, 15) is 12.8 Å². The van der Waals surface area contributed by atoms with Crippen molar-refractivity contribution in [3.05, 3.63) is 60.2 Å². The normalized spacial score (nSPS) is 15.6. The molecule has 7 nitrogen and oxygen atoms in total. The van der Waals surface area contributed by atoms with Crippen molar-refractivity contribution < 1.29 is 17.5 Å². The van der Waals surface area contributed by atoms with Crippen molar-refractivity contribution in [1.29, 1.82) is 0 Å². The van der Waals surface area contributed by atoms with Gasteiger partial charge in [0, 0.05) is 42.9 Å². The number of ether oxygens (including phenoxy) is 1. The van der Waals surface area contributed by atoms with E-state index >= 15 is 0 Å². The van der Waals surface area contributed by atoms with E-state index in [4.69, 9.17) is 4.74 Å². The molecule has 180 valence electrons. The van der Waals surface area contributed by atoms with Crippen LogP contribution < -0.4 is 5.32 Å². The molecular weight excluding hydrogens is 455 g/mol. The quantitative estimate of drug-likeness (QED) is 0.428. The zero-order chi connectivity index (χ0) is 24.3. The summed E-state index contributed by atoms with van der Waals surface area (Å²) in [5.74, 6) is -0.228. The SMILES string of the molecule is CCc1cc2nccc(NC)c2cc1S(=O)(=O)C1(C)CCOCC1.Fc1ccc2[nH]ncc2c1. The Kier molecular flexibility index (Phi) is 6.86. The van der Waals surface area contributed by atoms with Gasteiger partial charge in [0.25, 0.3) is 0 Å². The minimum atomic E-state index is -3.46. The van der Waals surface area contributed by atoms with E-state index in [2.05, 4.69) is 20.5 Å². The van der Waals surface area contributed by atoms with Crippen LogP contribution in [0.3, 0.4) is 0 Å². The predicted molar refractivity (Wildman–Crippen MR) is 132 cm³/mol. The number of hydrogen-bond acceptors (Lipinski definition) is 6. The van der Waals surface area contributed by atoms with Crippen LogP contribution in [0.1, 0.15) is 32.3 Å². The molecule has 1 aliphatic rings. The summed E-state index contributed by atoms with van der Waals surface area (Å²) in [4.78, 5) is 4.83. The molecule has 34 heavy (non-hydrogen) atoms. The third kappa shape index (κ3) is 4.50. The monoisotopic (exact) mass is 484 g/mol. The van der Waals surface area contributed by atoms with E-state index < -0.39 is 14.6 Å². The van der Waals surface area contributed by atoms with Crippen molar-refractivity contribution >= 4 is 37.3 Å². The standard InChI is InChI=1S/C18H24N2O3S.C7H5FN2/c1-4-13-11-16-14(15(19-3)5-8-20-16)12-17(13)24(21,22)18(2)6-9-23-10-7-18;8-6-1-2-7-5(3-6)4-9-10-7/h5,8,11-12H,4,6-7,9-10H2,1-3H3,(H,19,20);1-4H,(H,9,10). The number of aromatic amines is 1. The molecule has 4 aromatic rings. The summed E-state index contributed by atoms with van der Waals surface area (Å²) in [5.41, 5.74) is 3.39. The van der Waals surface area contributed by atoms with Crippen molar-refractivity contribution in [1.82, 2.24) is 15.2 Å². The van der Waals surface area contributed by atoms with Crippen molar-refractivity contribution in [2.24, 2.45) is 0 Å². The molecule has 0 amide bonds. The lowest BCUT2D eigenvalue weighted by molar-refractivity contribution is 0.0789. The van der Waals surface area contributed by atoms with Gasteiger partial charge >= 0.3 is 0 Å². The third-order valence-electron chi connectivity index (χ3n) is 6.47. The van der Waals surface area contributed by atoms with Gasteiger partial charge in [-0.15, -0.1) is 0 Å². The Morgan fingerprint density at radius 1 is 1.18 bits per heavy atom. The number of nitrogens with zero attached hydrogens (tertiary/aromatic N) is 2. The Balaban J connectivity index is 0.000000226. The number of rotatable bonds is 4. The average Bonchev–Trinajstić information content (AvgIpc) is 3.31. The van der Waals surface area contributed by atoms with Gasteiger partial charge in [-0.1, -0.05) is 6.92 Å². The number of aryl methyl sites for hydroxylation is 1. The van der Waals surface area contributed by atoms with Crippen molar-refractivity contribution in [2.75, 3.05) is 25.6 Å². The van der Waals surface area contributed by atoms with Crippen molar-refractivity contribution in [2.45, 2.75) is 42.8 Å². The molecule has 1 saturated heterocycles. The smallest absolute Gasteiger partial charge is 0.184 e. The van der Waals surface area contributed by atoms with Gasteiger partial charge in [0.1, 0.15) is 5.82 Å². The van der Waals surface area contributed by atoms with Crippen molar-refractivity contribution in [3.8, 4) is 0 Å². The van der Waals surface area contributed by atoms with Gasteiger partial charge in [-0.05, 0) is 68.1 Å². The number of H-pyrrole nitrogens is 1. The molecule has 0 atom stereocenters. The Hall–Kier alpha value is -3.04. The highest BCUT2D eigenvalue weighted by Crippen LogP contribution is 2.38. The fourth-order valence-electron chi connectivity index (χ4n) is 4.21. The van der Waals surface area contributed by atoms with E-state index in [-0.39, 0.29) is 5.82 Å². The van der Waals surface area contributed by atoms with E-state index in [1.54, 1.807) is 24.5 Å². The fraction of sp³-hybridized carbons (Fsp3) is 0.360. The number of hydrogen-bond donors (Lipinski definition) is 2. The molecule has 0 saturated carbocycles. The molecule has 2 aromatic carbocycles. The molecule has 1 fully saturated rings. The number of nitrogens with one attached hydrogen (secondary N) is 2. The number of pyridine rings is 1. The highest BCUT2D eigenvalue weighted by molar-refractivity contribution is 7.92. The van der Waals surface area contributed by atoms with Crippen LogP contribution in [-0.4, -0.2) is 48.6 Å². The first kappa shape index (κ1) is 24.1.